The molecule has 0 radical (unpaired) electrons. The Morgan fingerprint density at radius 2 is 1.78 bits per heavy atom. The van der Waals surface area contributed by atoms with Gasteiger partial charge < -0.3 is 20.5 Å². The van der Waals surface area contributed by atoms with Crippen molar-refractivity contribution in [1.82, 2.24) is 10.2 Å². The molecule has 1 heterocycles. The van der Waals surface area contributed by atoms with E-state index in [1.807, 2.05) is 18.2 Å². The number of aromatic nitrogens is 2. The molecule has 0 saturated carbocycles. The number of rotatable bonds is 4. The van der Waals surface area contributed by atoms with Crippen molar-refractivity contribution in [3.63, 3.8) is 0 Å². The van der Waals surface area contributed by atoms with E-state index in [1.165, 1.54) is 0 Å². The van der Waals surface area contributed by atoms with Crippen LogP contribution < -0.4 is 20.5 Å². The number of benzene rings is 1. The summed E-state index contributed by atoms with van der Waals surface area (Å²) in [5.41, 5.74) is 6.29. The van der Waals surface area contributed by atoms with E-state index in [0.29, 0.717) is 23.1 Å². The van der Waals surface area contributed by atoms with E-state index in [4.69, 9.17) is 15.2 Å². The van der Waals surface area contributed by atoms with Crippen LogP contribution in [0.5, 0.6) is 11.5 Å². The van der Waals surface area contributed by atoms with Gasteiger partial charge in [0.1, 0.15) is 5.82 Å². The van der Waals surface area contributed by atoms with Crippen molar-refractivity contribution in [3.05, 3.63) is 30.3 Å². The van der Waals surface area contributed by atoms with Crippen molar-refractivity contribution >= 4 is 17.3 Å². The lowest BCUT2D eigenvalue weighted by Gasteiger charge is -2.10. The molecule has 2 rings (SSSR count). The van der Waals surface area contributed by atoms with Gasteiger partial charge in [-0.1, -0.05) is 0 Å². The van der Waals surface area contributed by atoms with Crippen LogP contribution in [0.3, 0.4) is 0 Å². The number of ether oxygens (including phenoxy) is 2. The molecule has 0 bridgehead atoms. The molecule has 1 aromatic heterocycles. The molecule has 0 aliphatic rings. The fraction of sp³-hybridized carbons (Fsp3) is 0.167. The number of hydrogen-bond acceptors (Lipinski definition) is 6. The quantitative estimate of drug-likeness (QED) is 0.856. The lowest BCUT2D eigenvalue weighted by molar-refractivity contribution is 0.355. The Bertz CT molecular complexity index is 528. The third-order valence-electron chi connectivity index (χ3n) is 2.34. The highest BCUT2D eigenvalue weighted by Gasteiger charge is 2.05. The highest BCUT2D eigenvalue weighted by molar-refractivity contribution is 5.61. The van der Waals surface area contributed by atoms with Crippen molar-refractivity contribution in [2.45, 2.75) is 0 Å². The summed E-state index contributed by atoms with van der Waals surface area (Å²) in [6.07, 6.45) is 0. The van der Waals surface area contributed by atoms with Crippen molar-refractivity contribution in [3.8, 4) is 11.5 Å². The van der Waals surface area contributed by atoms with Crippen molar-refractivity contribution in [2.75, 3.05) is 25.3 Å². The molecule has 18 heavy (non-hydrogen) atoms. The largest absolute Gasteiger partial charge is 0.493 e. The van der Waals surface area contributed by atoms with Crippen LogP contribution in [0.25, 0.3) is 0 Å². The molecule has 2 aromatic rings. The maximum Gasteiger partial charge on any atom is 0.162 e. The van der Waals surface area contributed by atoms with Gasteiger partial charge in [-0.3, -0.25) is 0 Å². The highest BCUT2D eigenvalue weighted by Crippen LogP contribution is 2.30. The Labute approximate surface area is 105 Å². The molecule has 94 valence electrons. The minimum atomic E-state index is 0.382. The van der Waals surface area contributed by atoms with Crippen LogP contribution in [0.15, 0.2) is 30.3 Å². The minimum Gasteiger partial charge on any atom is -0.493 e. The second kappa shape index (κ2) is 5.22. The Hall–Kier alpha value is -2.50. The zero-order chi connectivity index (χ0) is 13.0. The van der Waals surface area contributed by atoms with Gasteiger partial charge in [-0.25, -0.2) is 0 Å². The summed E-state index contributed by atoms with van der Waals surface area (Å²) in [6.45, 7) is 0. The predicted molar refractivity (Wildman–Crippen MR) is 69.3 cm³/mol. The van der Waals surface area contributed by atoms with Gasteiger partial charge >= 0.3 is 0 Å². The van der Waals surface area contributed by atoms with Crippen LogP contribution in [-0.2, 0) is 0 Å². The molecule has 0 unspecified atom stereocenters. The molecule has 6 heteroatoms. The monoisotopic (exact) mass is 246 g/mol. The average Bonchev–Trinajstić information content (AvgIpc) is 2.41. The smallest absolute Gasteiger partial charge is 0.162 e. The lowest BCUT2D eigenvalue weighted by atomic mass is 10.2. The van der Waals surface area contributed by atoms with Crippen LogP contribution in [0, 0.1) is 0 Å². The summed E-state index contributed by atoms with van der Waals surface area (Å²) >= 11 is 0. The van der Waals surface area contributed by atoms with Crippen LogP contribution >= 0.6 is 0 Å². The van der Waals surface area contributed by atoms with Gasteiger partial charge in [0.25, 0.3) is 0 Å². The van der Waals surface area contributed by atoms with Crippen molar-refractivity contribution in [2.24, 2.45) is 0 Å². The molecule has 1 aromatic carbocycles. The third-order valence-corrected chi connectivity index (χ3v) is 2.34. The van der Waals surface area contributed by atoms with E-state index >= 15 is 0 Å². The summed E-state index contributed by atoms with van der Waals surface area (Å²) in [6, 6.07) is 8.91. The van der Waals surface area contributed by atoms with E-state index in [9.17, 15) is 0 Å². The van der Waals surface area contributed by atoms with Crippen LogP contribution in [-0.4, -0.2) is 24.4 Å². The number of hydrogen-bond donors (Lipinski definition) is 2. The number of nitrogens with one attached hydrogen (secondary N) is 1. The van der Waals surface area contributed by atoms with Gasteiger partial charge in [0.2, 0.25) is 0 Å². The first kappa shape index (κ1) is 12.0. The third kappa shape index (κ3) is 2.60. The van der Waals surface area contributed by atoms with Gasteiger partial charge in [-0.15, -0.1) is 10.2 Å². The Morgan fingerprint density at radius 3 is 2.39 bits per heavy atom. The second-order valence-electron chi connectivity index (χ2n) is 3.54. The summed E-state index contributed by atoms with van der Waals surface area (Å²) in [4.78, 5) is 0. The Morgan fingerprint density at radius 1 is 1.00 bits per heavy atom. The molecule has 0 amide bonds. The Kier molecular flexibility index (Phi) is 3.47. The zero-order valence-electron chi connectivity index (χ0n) is 10.2. The molecule has 0 aliphatic carbocycles. The number of nitrogens with two attached hydrogens (primary N) is 1. The number of nitrogen functional groups attached to an aromatic ring is 1. The summed E-state index contributed by atoms with van der Waals surface area (Å²) in [7, 11) is 3.18. The molecule has 3 N–H and O–H groups in total. The fourth-order valence-corrected chi connectivity index (χ4v) is 1.47. The molecule has 0 aliphatic heterocycles. The van der Waals surface area contributed by atoms with E-state index in [2.05, 4.69) is 15.5 Å². The molecule has 0 saturated heterocycles. The minimum absolute atomic E-state index is 0.382. The van der Waals surface area contributed by atoms with Gasteiger partial charge in [0.15, 0.2) is 17.3 Å². The summed E-state index contributed by atoms with van der Waals surface area (Å²) in [5, 5.41) is 10.8. The summed E-state index contributed by atoms with van der Waals surface area (Å²) < 4.78 is 10.4. The van der Waals surface area contributed by atoms with Crippen LogP contribution in [0.4, 0.5) is 17.3 Å². The highest BCUT2D eigenvalue weighted by atomic mass is 16.5. The average molecular weight is 246 g/mol. The molecule has 6 nitrogen and oxygen atoms in total. The van der Waals surface area contributed by atoms with E-state index in [0.717, 1.165) is 5.69 Å². The maximum absolute atomic E-state index is 5.47. The first-order chi connectivity index (χ1) is 8.72. The van der Waals surface area contributed by atoms with Gasteiger partial charge in [-0.05, 0) is 24.3 Å². The number of nitrogens with zero attached hydrogens (tertiary/aromatic N) is 2. The number of methoxy groups -OCH3 is 2. The van der Waals surface area contributed by atoms with Gasteiger partial charge in [0, 0.05) is 11.8 Å². The normalized spacial score (nSPS) is 9.89. The zero-order valence-corrected chi connectivity index (χ0v) is 10.2. The molecular weight excluding hydrogens is 232 g/mol. The molecule has 0 spiro atoms. The second-order valence-corrected chi connectivity index (χ2v) is 3.54. The molecule has 0 fully saturated rings. The lowest BCUT2D eigenvalue weighted by Crippen LogP contribution is -1.98. The van der Waals surface area contributed by atoms with E-state index in [-0.39, 0.29) is 0 Å². The maximum atomic E-state index is 5.47. The van der Waals surface area contributed by atoms with E-state index < -0.39 is 0 Å². The Balaban J connectivity index is 2.21. The van der Waals surface area contributed by atoms with Crippen molar-refractivity contribution in [1.29, 1.82) is 0 Å². The van der Waals surface area contributed by atoms with Crippen LogP contribution in [0.2, 0.25) is 0 Å². The standard InChI is InChI=1S/C12H14N4O2/c1-17-9-4-3-8(7-10(9)18-2)14-12-6-5-11(13)15-16-12/h3-7H,1-2H3,(H2,13,15)(H,14,16). The van der Waals surface area contributed by atoms with Crippen LogP contribution in [0.1, 0.15) is 0 Å². The first-order valence-corrected chi connectivity index (χ1v) is 5.31. The van der Waals surface area contributed by atoms with E-state index in [1.54, 1.807) is 26.4 Å². The van der Waals surface area contributed by atoms with Gasteiger partial charge in [-0.2, -0.15) is 0 Å². The molecular formula is C12H14N4O2. The number of anilines is 3. The first-order valence-electron chi connectivity index (χ1n) is 5.31. The SMILES string of the molecule is COc1ccc(Nc2ccc(N)nn2)cc1OC. The predicted octanol–water partition coefficient (Wildman–Crippen LogP) is 1.82. The topological polar surface area (TPSA) is 82.3 Å². The van der Waals surface area contributed by atoms with Crippen molar-refractivity contribution < 1.29 is 9.47 Å². The summed E-state index contributed by atoms with van der Waals surface area (Å²) in [5.74, 6) is 2.31. The fourth-order valence-electron chi connectivity index (χ4n) is 1.47. The molecule has 0 atom stereocenters. The van der Waals surface area contributed by atoms with Gasteiger partial charge in [0.05, 0.1) is 14.2 Å².